The van der Waals surface area contributed by atoms with E-state index in [1.807, 2.05) is 4.90 Å². The van der Waals surface area contributed by atoms with E-state index in [0.717, 1.165) is 25.4 Å². The highest BCUT2D eigenvalue weighted by Crippen LogP contribution is 2.43. The molecule has 0 N–H and O–H groups in total. The number of fused-ring (bicyclic) bond motifs is 1. The van der Waals surface area contributed by atoms with Crippen LogP contribution in [0.1, 0.15) is 41.1 Å². The predicted octanol–water partition coefficient (Wildman–Crippen LogP) is 4.23. The molecule has 3 heterocycles. The van der Waals surface area contributed by atoms with Gasteiger partial charge in [-0.15, -0.1) is 0 Å². The molecule has 1 amide bonds. The first kappa shape index (κ1) is 17.4. The van der Waals surface area contributed by atoms with E-state index in [1.165, 1.54) is 31.0 Å². The number of benzene rings is 1. The predicted molar refractivity (Wildman–Crippen MR) is 106 cm³/mol. The molecule has 3 aliphatic rings. The monoisotopic (exact) mass is 384 g/mol. The van der Waals surface area contributed by atoms with E-state index in [2.05, 4.69) is 21.7 Å². The van der Waals surface area contributed by atoms with Crippen molar-refractivity contribution >= 4 is 17.2 Å². The van der Waals surface area contributed by atoms with Gasteiger partial charge < -0.3 is 9.80 Å². The van der Waals surface area contributed by atoms with E-state index in [1.54, 1.807) is 29.5 Å². The maximum Gasteiger partial charge on any atom is 0.257 e. The van der Waals surface area contributed by atoms with Crippen LogP contribution in [-0.2, 0) is 0 Å². The van der Waals surface area contributed by atoms with Crippen molar-refractivity contribution in [2.45, 2.75) is 31.2 Å². The molecule has 1 aromatic heterocycles. The summed E-state index contributed by atoms with van der Waals surface area (Å²) in [6, 6.07) is 8.81. The first-order valence-corrected chi connectivity index (χ1v) is 10.9. The number of carbonyl (C=O) groups is 1. The van der Waals surface area contributed by atoms with Crippen LogP contribution >= 0.6 is 11.3 Å². The number of thiophene rings is 1. The molecule has 142 valence electrons. The fraction of sp³-hybridized carbons (Fsp3) is 0.500. The first-order valence-electron chi connectivity index (χ1n) is 10.0. The quantitative estimate of drug-likeness (QED) is 0.788. The van der Waals surface area contributed by atoms with Crippen LogP contribution in [0.5, 0.6) is 0 Å². The van der Waals surface area contributed by atoms with Gasteiger partial charge in [-0.05, 0) is 59.7 Å². The van der Waals surface area contributed by atoms with Crippen LogP contribution < -0.4 is 0 Å². The van der Waals surface area contributed by atoms with Crippen LogP contribution in [0.3, 0.4) is 0 Å². The van der Waals surface area contributed by atoms with E-state index in [0.29, 0.717) is 18.4 Å². The molecule has 5 heteroatoms. The third-order valence-electron chi connectivity index (χ3n) is 6.56. The maximum atomic E-state index is 14.2. The number of rotatable bonds is 4. The number of piperidine rings is 1. The van der Waals surface area contributed by atoms with Crippen LogP contribution in [-0.4, -0.2) is 47.9 Å². The Labute approximate surface area is 163 Å². The second-order valence-corrected chi connectivity index (χ2v) is 9.10. The topological polar surface area (TPSA) is 23.6 Å². The summed E-state index contributed by atoms with van der Waals surface area (Å²) in [4.78, 5) is 17.8. The minimum absolute atomic E-state index is 0.142. The number of hydrogen-bond acceptors (Lipinski definition) is 3. The third kappa shape index (κ3) is 3.32. The second-order valence-electron chi connectivity index (χ2n) is 8.32. The molecule has 0 radical (unpaired) electrons. The first-order chi connectivity index (χ1) is 13.2. The zero-order valence-electron chi connectivity index (χ0n) is 15.4. The van der Waals surface area contributed by atoms with Gasteiger partial charge in [-0.1, -0.05) is 12.1 Å². The Bertz CT molecular complexity index is 819. The van der Waals surface area contributed by atoms with E-state index < -0.39 is 5.82 Å². The Kier molecular flexibility index (Phi) is 4.52. The highest BCUT2D eigenvalue weighted by Gasteiger charge is 2.47. The van der Waals surface area contributed by atoms with Crippen molar-refractivity contribution in [3.63, 3.8) is 0 Å². The average Bonchev–Trinajstić information content (AvgIpc) is 3.18. The highest BCUT2D eigenvalue weighted by molar-refractivity contribution is 7.08. The minimum atomic E-state index is -0.413. The van der Waals surface area contributed by atoms with Crippen LogP contribution in [0.2, 0.25) is 0 Å². The van der Waals surface area contributed by atoms with Crippen molar-refractivity contribution in [3.8, 4) is 0 Å². The highest BCUT2D eigenvalue weighted by atomic mass is 32.1. The number of nitrogens with zero attached hydrogens (tertiary/aromatic N) is 2. The van der Waals surface area contributed by atoms with Crippen LogP contribution in [0.15, 0.2) is 41.1 Å². The smallest absolute Gasteiger partial charge is 0.257 e. The molecule has 1 aromatic carbocycles. The van der Waals surface area contributed by atoms with Gasteiger partial charge in [0.1, 0.15) is 5.82 Å². The molecule has 0 spiro atoms. The van der Waals surface area contributed by atoms with Crippen molar-refractivity contribution in [1.29, 1.82) is 0 Å². The van der Waals surface area contributed by atoms with Gasteiger partial charge in [0.05, 0.1) is 5.56 Å². The van der Waals surface area contributed by atoms with Gasteiger partial charge in [0, 0.05) is 44.1 Å². The molecule has 1 aliphatic carbocycles. The van der Waals surface area contributed by atoms with E-state index in [-0.39, 0.29) is 17.5 Å². The number of likely N-dealkylation sites (tertiary alicyclic amines) is 2. The molecule has 2 aliphatic heterocycles. The lowest BCUT2D eigenvalue weighted by atomic mass is 9.82. The van der Waals surface area contributed by atoms with Gasteiger partial charge in [-0.25, -0.2) is 4.39 Å². The van der Waals surface area contributed by atoms with Crippen LogP contribution in [0.25, 0.3) is 0 Å². The molecular weight excluding hydrogens is 359 g/mol. The zero-order chi connectivity index (χ0) is 18.4. The normalized spacial score (nSPS) is 28.3. The summed E-state index contributed by atoms with van der Waals surface area (Å²) in [7, 11) is 0. The molecule has 27 heavy (non-hydrogen) atoms. The summed E-state index contributed by atoms with van der Waals surface area (Å²) >= 11 is 1.72. The average molecular weight is 385 g/mol. The van der Waals surface area contributed by atoms with Crippen molar-refractivity contribution in [2.75, 3.05) is 26.2 Å². The van der Waals surface area contributed by atoms with Crippen molar-refractivity contribution < 1.29 is 9.18 Å². The van der Waals surface area contributed by atoms with E-state index in [9.17, 15) is 9.18 Å². The lowest BCUT2D eigenvalue weighted by Gasteiger charge is -2.39. The molecule has 2 saturated heterocycles. The Morgan fingerprint density at radius 1 is 1.15 bits per heavy atom. The Balaban J connectivity index is 1.42. The number of amides is 1. The van der Waals surface area contributed by atoms with Gasteiger partial charge in [-0.3, -0.25) is 4.79 Å². The zero-order valence-corrected chi connectivity index (χ0v) is 16.2. The van der Waals surface area contributed by atoms with Crippen molar-refractivity contribution in [3.05, 3.63) is 58.0 Å². The maximum absolute atomic E-state index is 14.2. The van der Waals surface area contributed by atoms with E-state index in [4.69, 9.17) is 0 Å². The summed E-state index contributed by atoms with van der Waals surface area (Å²) in [6.45, 7) is 4.02. The van der Waals surface area contributed by atoms with Crippen molar-refractivity contribution in [2.24, 2.45) is 11.8 Å². The Morgan fingerprint density at radius 2 is 2.00 bits per heavy atom. The van der Waals surface area contributed by atoms with E-state index >= 15 is 0 Å². The fourth-order valence-electron chi connectivity index (χ4n) is 5.00. The molecule has 2 aromatic rings. The second kappa shape index (κ2) is 7.02. The Hall–Kier alpha value is -1.72. The molecule has 1 saturated carbocycles. The summed E-state index contributed by atoms with van der Waals surface area (Å²) in [5.41, 5.74) is 1.55. The molecule has 3 nitrogen and oxygen atoms in total. The van der Waals surface area contributed by atoms with Gasteiger partial charge in [0.2, 0.25) is 0 Å². The number of halogens is 1. The molecule has 3 atom stereocenters. The Morgan fingerprint density at radius 3 is 2.74 bits per heavy atom. The van der Waals surface area contributed by atoms with Gasteiger partial charge >= 0.3 is 0 Å². The van der Waals surface area contributed by atoms with Crippen molar-refractivity contribution in [1.82, 2.24) is 9.80 Å². The van der Waals surface area contributed by atoms with Gasteiger partial charge in [0.25, 0.3) is 5.91 Å². The lowest BCUT2D eigenvalue weighted by Crippen LogP contribution is -2.48. The SMILES string of the molecule is O=C(c1ccccc1F)N1C[C@H](c2ccsc2)[C@H]2CN(CC3CC3)CC[C@H]21. The number of carbonyl (C=O) groups excluding carboxylic acids is 1. The summed E-state index contributed by atoms with van der Waals surface area (Å²) in [5.74, 6) is 1.14. The third-order valence-corrected chi connectivity index (χ3v) is 7.27. The lowest BCUT2D eigenvalue weighted by molar-refractivity contribution is 0.0613. The summed E-state index contributed by atoms with van der Waals surface area (Å²) in [5, 5.41) is 4.34. The molecular formula is C22H25FN2OS. The van der Waals surface area contributed by atoms with Crippen LogP contribution in [0.4, 0.5) is 4.39 Å². The summed E-state index contributed by atoms with van der Waals surface area (Å²) < 4.78 is 14.2. The molecule has 0 bridgehead atoms. The molecule has 3 fully saturated rings. The summed E-state index contributed by atoms with van der Waals surface area (Å²) in [6.07, 6.45) is 3.74. The standard InChI is InChI=1S/C22H25FN2OS/c23-20-4-2-1-3-17(20)22(26)25-13-18(16-8-10-27-14-16)19-12-24(9-7-21(19)25)11-15-5-6-15/h1-4,8,10,14-15,18-19,21H,5-7,9,11-13H2/t18-,19-,21-/m1/s1. The molecule has 5 rings (SSSR count). The van der Waals surface area contributed by atoms with Gasteiger partial charge in [0.15, 0.2) is 0 Å². The number of hydrogen-bond donors (Lipinski definition) is 0. The largest absolute Gasteiger partial charge is 0.335 e. The van der Waals surface area contributed by atoms with Crippen LogP contribution in [0, 0.1) is 17.7 Å². The fourth-order valence-corrected chi connectivity index (χ4v) is 5.72. The minimum Gasteiger partial charge on any atom is -0.335 e. The molecule has 0 unspecified atom stereocenters. The van der Waals surface area contributed by atoms with Gasteiger partial charge in [-0.2, -0.15) is 11.3 Å².